The second-order valence-corrected chi connectivity index (χ2v) is 16.1. The lowest BCUT2D eigenvalue weighted by molar-refractivity contribution is 1.18. The van der Waals surface area contributed by atoms with Crippen LogP contribution in [-0.4, -0.2) is 4.57 Å². The lowest BCUT2D eigenvalue weighted by Gasteiger charge is -2.11. The molecule has 11 aromatic rings. The molecule has 2 aromatic heterocycles. The Balaban J connectivity index is 0.974. The maximum absolute atomic E-state index is 2.43. The predicted octanol–water partition coefficient (Wildman–Crippen LogP) is 15.8. The van der Waals surface area contributed by atoms with Gasteiger partial charge in [-0.3, -0.25) is 0 Å². The van der Waals surface area contributed by atoms with Gasteiger partial charge in [0.1, 0.15) is 0 Å². The Morgan fingerprint density at radius 2 is 0.737 bits per heavy atom. The summed E-state index contributed by atoms with van der Waals surface area (Å²) >= 11 is 1.87. The first-order valence-corrected chi connectivity index (χ1v) is 20.4. The predicted molar refractivity (Wildman–Crippen MR) is 246 cm³/mol. The number of aryl methyl sites for hydroxylation is 1. The normalized spacial score (nSPS) is 11.6. The molecule has 0 aliphatic rings. The van der Waals surface area contributed by atoms with Gasteiger partial charge in [0.25, 0.3) is 0 Å². The molecule has 0 aliphatic carbocycles. The number of nitrogens with zero attached hydrogens (tertiary/aromatic N) is 1. The van der Waals surface area contributed by atoms with E-state index in [9.17, 15) is 0 Å². The number of hydrogen-bond acceptors (Lipinski definition) is 1. The molecule has 1 nitrogen and oxygen atoms in total. The Morgan fingerprint density at radius 3 is 1.40 bits per heavy atom. The molecule has 0 radical (unpaired) electrons. The Bertz CT molecular complexity index is 3290. The maximum Gasteiger partial charge on any atom is 0.0541 e. The average Bonchev–Trinajstić information content (AvgIpc) is 3.82. The molecule has 2 heteroatoms. The molecule has 0 fully saturated rings. The number of aromatic nitrogens is 1. The van der Waals surface area contributed by atoms with Gasteiger partial charge in [-0.2, -0.15) is 0 Å². The number of para-hydroxylation sites is 1. The first-order chi connectivity index (χ1) is 28.1. The van der Waals surface area contributed by atoms with Gasteiger partial charge in [-0.15, -0.1) is 11.3 Å². The van der Waals surface area contributed by atoms with Gasteiger partial charge in [0.2, 0.25) is 0 Å². The molecular weight excluding hydrogens is 707 g/mol. The second-order valence-electron chi connectivity index (χ2n) is 15.1. The maximum atomic E-state index is 2.43. The molecule has 0 saturated carbocycles. The fraction of sp³-hybridized carbons (Fsp3) is 0.0182. The molecule has 0 amide bonds. The molecule has 0 aliphatic heterocycles. The zero-order valence-corrected chi connectivity index (χ0v) is 32.3. The van der Waals surface area contributed by atoms with Crippen molar-refractivity contribution in [2.45, 2.75) is 6.92 Å². The Labute approximate surface area is 336 Å². The minimum atomic E-state index is 1.16. The highest BCUT2D eigenvalue weighted by Crippen LogP contribution is 2.40. The standard InChI is InChI=1S/C55H37NS/c1-36-20-22-38(23-21-36)39-12-7-13-40(30-39)41-14-8-15-42(31-41)45-24-27-53-49(33-45)48-18-5-6-19-52(48)56(53)47-17-9-16-43(32-47)46-26-29-55-51(35-46)50-34-44(25-28-54(50)57-55)37-10-3-2-4-11-37/h2-35H,1H3. The van der Waals surface area contributed by atoms with E-state index in [1.54, 1.807) is 0 Å². The zero-order valence-electron chi connectivity index (χ0n) is 31.5. The van der Waals surface area contributed by atoms with Crippen molar-refractivity contribution in [3.8, 4) is 61.3 Å². The van der Waals surface area contributed by atoms with Crippen LogP contribution in [0.4, 0.5) is 0 Å². The van der Waals surface area contributed by atoms with Gasteiger partial charge in [-0.25, -0.2) is 0 Å². The van der Waals surface area contributed by atoms with E-state index in [-0.39, 0.29) is 0 Å². The van der Waals surface area contributed by atoms with Crippen LogP contribution in [0.15, 0.2) is 206 Å². The number of hydrogen-bond donors (Lipinski definition) is 0. The van der Waals surface area contributed by atoms with E-state index >= 15 is 0 Å². The molecule has 9 aromatic carbocycles. The quantitative estimate of drug-likeness (QED) is 0.160. The van der Waals surface area contributed by atoms with Crippen LogP contribution < -0.4 is 0 Å². The van der Waals surface area contributed by atoms with Gasteiger partial charge in [-0.05, 0) is 129 Å². The van der Waals surface area contributed by atoms with Gasteiger partial charge in [0.05, 0.1) is 11.0 Å². The summed E-state index contributed by atoms with van der Waals surface area (Å²) in [5, 5.41) is 5.12. The van der Waals surface area contributed by atoms with E-state index in [0.717, 1.165) is 5.69 Å². The van der Waals surface area contributed by atoms with Crippen LogP contribution in [0, 0.1) is 6.92 Å². The molecule has 2 heterocycles. The molecule has 0 N–H and O–H groups in total. The van der Waals surface area contributed by atoms with Gasteiger partial charge in [-0.1, -0.05) is 145 Å². The highest BCUT2D eigenvalue weighted by molar-refractivity contribution is 7.25. The third-order valence-electron chi connectivity index (χ3n) is 11.5. The van der Waals surface area contributed by atoms with E-state index in [1.807, 2.05) is 11.3 Å². The molecule has 0 spiro atoms. The third-order valence-corrected chi connectivity index (χ3v) is 12.6. The number of benzene rings is 9. The van der Waals surface area contributed by atoms with E-state index in [0.29, 0.717) is 0 Å². The van der Waals surface area contributed by atoms with Crippen molar-refractivity contribution in [2.24, 2.45) is 0 Å². The van der Waals surface area contributed by atoms with Crippen molar-refractivity contribution in [3.63, 3.8) is 0 Å². The van der Waals surface area contributed by atoms with Crippen molar-refractivity contribution in [1.29, 1.82) is 0 Å². The first-order valence-electron chi connectivity index (χ1n) is 19.6. The summed E-state index contributed by atoms with van der Waals surface area (Å²) in [5.41, 5.74) is 17.1. The highest BCUT2D eigenvalue weighted by Gasteiger charge is 2.15. The average molecular weight is 744 g/mol. The van der Waals surface area contributed by atoms with Crippen LogP contribution in [0.5, 0.6) is 0 Å². The molecule has 0 saturated heterocycles. The Kier molecular flexibility index (Phi) is 7.98. The highest BCUT2D eigenvalue weighted by atomic mass is 32.1. The summed E-state index contributed by atoms with van der Waals surface area (Å²) in [6, 6.07) is 75.9. The molecule has 0 atom stereocenters. The third kappa shape index (κ3) is 5.94. The van der Waals surface area contributed by atoms with Crippen molar-refractivity contribution >= 4 is 53.3 Å². The number of thiophene rings is 1. The largest absolute Gasteiger partial charge is 0.309 e. The lowest BCUT2D eigenvalue weighted by Crippen LogP contribution is -1.94. The summed E-state index contributed by atoms with van der Waals surface area (Å²) in [6.07, 6.45) is 0. The van der Waals surface area contributed by atoms with E-state index in [2.05, 4.69) is 218 Å². The van der Waals surface area contributed by atoms with Gasteiger partial charge in [0.15, 0.2) is 0 Å². The van der Waals surface area contributed by atoms with E-state index < -0.39 is 0 Å². The molecule has 268 valence electrons. The second kappa shape index (κ2) is 13.6. The fourth-order valence-corrected chi connectivity index (χ4v) is 9.59. The minimum Gasteiger partial charge on any atom is -0.309 e. The van der Waals surface area contributed by atoms with Crippen LogP contribution in [0.3, 0.4) is 0 Å². The minimum absolute atomic E-state index is 1.16. The topological polar surface area (TPSA) is 4.93 Å². The fourth-order valence-electron chi connectivity index (χ4n) is 8.52. The number of rotatable bonds is 6. The zero-order chi connectivity index (χ0) is 37.9. The van der Waals surface area contributed by atoms with Gasteiger partial charge < -0.3 is 4.57 Å². The number of fused-ring (bicyclic) bond motifs is 6. The van der Waals surface area contributed by atoms with Crippen molar-refractivity contribution in [2.75, 3.05) is 0 Å². The monoisotopic (exact) mass is 743 g/mol. The molecule has 0 unspecified atom stereocenters. The van der Waals surface area contributed by atoms with Crippen molar-refractivity contribution in [1.82, 2.24) is 4.57 Å². The summed E-state index contributed by atoms with van der Waals surface area (Å²) in [6.45, 7) is 2.13. The smallest absolute Gasteiger partial charge is 0.0541 e. The lowest BCUT2D eigenvalue weighted by atomic mass is 9.95. The van der Waals surface area contributed by atoms with Crippen LogP contribution in [0.25, 0.3) is 103 Å². The summed E-state index contributed by atoms with van der Waals surface area (Å²) in [5.74, 6) is 0. The first kappa shape index (κ1) is 33.3. The van der Waals surface area contributed by atoms with Crippen LogP contribution >= 0.6 is 11.3 Å². The van der Waals surface area contributed by atoms with Crippen molar-refractivity contribution < 1.29 is 0 Å². The summed E-state index contributed by atoms with van der Waals surface area (Å²) in [7, 11) is 0. The SMILES string of the molecule is Cc1ccc(-c2cccc(-c3cccc(-c4ccc5c(c4)c4ccccc4n5-c4cccc(-c5ccc6sc7ccc(-c8ccccc8)cc7c6c5)c4)c3)c2)cc1. The van der Waals surface area contributed by atoms with Gasteiger partial charge >= 0.3 is 0 Å². The van der Waals surface area contributed by atoms with Crippen molar-refractivity contribution in [3.05, 3.63) is 212 Å². The van der Waals surface area contributed by atoms with E-state index in [4.69, 9.17) is 0 Å². The van der Waals surface area contributed by atoms with Crippen LogP contribution in [0.1, 0.15) is 5.56 Å². The Morgan fingerprint density at radius 1 is 0.298 bits per heavy atom. The van der Waals surface area contributed by atoms with Crippen LogP contribution in [0.2, 0.25) is 0 Å². The summed E-state index contributed by atoms with van der Waals surface area (Å²) in [4.78, 5) is 0. The molecule has 0 bridgehead atoms. The van der Waals surface area contributed by atoms with Gasteiger partial charge in [0, 0.05) is 36.6 Å². The molecule has 57 heavy (non-hydrogen) atoms. The molecule has 11 rings (SSSR count). The summed E-state index contributed by atoms with van der Waals surface area (Å²) < 4.78 is 5.06. The molecular formula is C55H37NS. The Hall–Kier alpha value is -7.00. The van der Waals surface area contributed by atoms with Crippen LogP contribution in [-0.2, 0) is 0 Å². The van der Waals surface area contributed by atoms with E-state index in [1.165, 1.54) is 103 Å².